The van der Waals surface area contributed by atoms with Crippen LogP contribution in [0.25, 0.3) is 0 Å². The van der Waals surface area contributed by atoms with Crippen LogP contribution in [0.15, 0.2) is 24.3 Å². The monoisotopic (exact) mass is 260 g/mol. The molecule has 0 bridgehead atoms. The highest BCUT2D eigenvalue weighted by Crippen LogP contribution is 2.17. The first-order chi connectivity index (χ1) is 9.15. The molecule has 3 nitrogen and oxygen atoms in total. The molecule has 1 saturated carbocycles. The molecule has 0 radical (unpaired) electrons. The third-order valence-corrected chi connectivity index (χ3v) is 3.87. The van der Waals surface area contributed by atoms with Crippen LogP contribution < -0.4 is 10.6 Å². The third kappa shape index (κ3) is 4.35. The standard InChI is InChI=1S/C16H24N2O/c1-12-7-9-14(10-8-12)13(2)17-11-16(19)18-15-5-3-4-6-15/h7-10,13,15,17H,3-6,11H2,1-2H3,(H,18,19). The lowest BCUT2D eigenvalue weighted by Gasteiger charge is -2.16. The lowest BCUT2D eigenvalue weighted by molar-refractivity contribution is -0.121. The summed E-state index contributed by atoms with van der Waals surface area (Å²) in [5.41, 5.74) is 2.48. The van der Waals surface area contributed by atoms with Crippen molar-refractivity contribution in [2.75, 3.05) is 6.54 Å². The van der Waals surface area contributed by atoms with E-state index in [-0.39, 0.29) is 11.9 Å². The highest BCUT2D eigenvalue weighted by molar-refractivity contribution is 5.78. The second-order valence-corrected chi connectivity index (χ2v) is 5.56. The van der Waals surface area contributed by atoms with Gasteiger partial charge in [-0.1, -0.05) is 42.7 Å². The summed E-state index contributed by atoms with van der Waals surface area (Å²) in [5, 5.41) is 6.37. The van der Waals surface area contributed by atoms with E-state index in [0.29, 0.717) is 12.6 Å². The van der Waals surface area contributed by atoms with Crippen LogP contribution in [-0.2, 0) is 4.79 Å². The van der Waals surface area contributed by atoms with Crippen molar-refractivity contribution < 1.29 is 4.79 Å². The molecule has 1 aromatic rings. The summed E-state index contributed by atoms with van der Waals surface area (Å²) < 4.78 is 0. The number of amides is 1. The van der Waals surface area contributed by atoms with Crippen LogP contribution >= 0.6 is 0 Å². The van der Waals surface area contributed by atoms with Gasteiger partial charge >= 0.3 is 0 Å². The fraction of sp³-hybridized carbons (Fsp3) is 0.562. The van der Waals surface area contributed by atoms with Crippen LogP contribution in [0.5, 0.6) is 0 Å². The Bertz CT molecular complexity index is 407. The molecule has 2 N–H and O–H groups in total. The van der Waals surface area contributed by atoms with Gasteiger partial charge in [0.2, 0.25) is 5.91 Å². The van der Waals surface area contributed by atoms with Crippen molar-refractivity contribution in [3.8, 4) is 0 Å². The second kappa shape index (κ2) is 6.71. The molecule has 104 valence electrons. The molecule has 3 heteroatoms. The number of aryl methyl sites for hydroxylation is 1. The molecule has 2 rings (SSSR count). The molecule has 1 aliphatic rings. The number of benzene rings is 1. The number of nitrogens with one attached hydrogen (secondary N) is 2. The maximum atomic E-state index is 11.8. The average Bonchev–Trinajstić information content (AvgIpc) is 2.89. The number of carbonyl (C=O) groups excluding carboxylic acids is 1. The van der Waals surface area contributed by atoms with Gasteiger partial charge in [0.15, 0.2) is 0 Å². The number of carbonyl (C=O) groups is 1. The van der Waals surface area contributed by atoms with Gasteiger partial charge in [-0.15, -0.1) is 0 Å². The minimum atomic E-state index is 0.117. The second-order valence-electron chi connectivity index (χ2n) is 5.56. The van der Waals surface area contributed by atoms with E-state index < -0.39 is 0 Å². The average molecular weight is 260 g/mol. The fourth-order valence-corrected chi connectivity index (χ4v) is 2.57. The number of rotatable bonds is 5. The lowest BCUT2D eigenvalue weighted by Crippen LogP contribution is -2.39. The quantitative estimate of drug-likeness (QED) is 0.854. The Morgan fingerprint density at radius 1 is 1.26 bits per heavy atom. The predicted molar refractivity (Wildman–Crippen MR) is 78.0 cm³/mol. The minimum absolute atomic E-state index is 0.117. The van der Waals surface area contributed by atoms with Crippen LogP contribution in [0.1, 0.15) is 49.8 Å². The van der Waals surface area contributed by atoms with E-state index in [4.69, 9.17) is 0 Å². The van der Waals surface area contributed by atoms with Gasteiger partial charge in [0.25, 0.3) is 0 Å². The van der Waals surface area contributed by atoms with Crippen molar-refractivity contribution in [2.24, 2.45) is 0 Å². The Balaban J connectivity index is 1.74. The fourth-order valence-electron chi connectivity index (χ4n) is 2.57. The van der Waals surface area contributed by atoms with Crippen molar-refractivity contribution >= 4 is 5.91 Å². The highest BCUT2D eigenvalue weighted by atomic mass is 16.1. The van der Waals surface area contributed by atoms with E-state index in [1.54, 1.807) is 0 Å². The Morgan fingerprint density at radius 2 is 1.89 bits per heavy atom. The van der Waals surface area contributed by atoms with Gasteiger partial charge in [-0.2, -0.15) is 0 Å². The Labute approximate surface area is 115 Å². The maximum absolute atomic E-state index is 11.8. The normalized spacial score (nSPS) is 17.4. The van der Waals surface area contributed by atoms with Crippen molar-refractivity contribution in [3.63, 3.8) is 0 Å². The van der Waals surface area contributed by atoms with E-state index in [2.05, 4.69) is 48.7 Å². The van der Waals surface area contributed by atoms with Crippen molar-refractivity contribution in [3.05, 3.63) is 35.4 Å². The van der Waals surface area contributed by atoms with Gasteiger partial charge in [-0.3, -0.25) is 4.79 Å². The first-order valence-electron chi connectivity index (χ1n) is 7.24. The molecule has 1 fully saturated rings. The summed E-state index contributed by atoms with van der Waals surface area (Å²) in [6, 6.07) is 9.04. The molecule has 0 heterocycles. The predicted octanol–water partition coefficient (Wildman–Crippen LogP) is 2.70. The molecular weight excluding hydrogens is 236 g/mol. The molecule has 1 aromatic carbocycles. The zero-order chi connectivity index (χ0) is 13.7. The van der Waals surface area contributed by atoms with Gasteiger partial charge in [0.1, 0.15) is 0 Å². The Hall–Kier alpha value is -1.35. The topological polar surface area (TPSA) is 41.1 Å². The van der Waals surface area contributed by atoms with Crippen molar-refractivity contribution in [2.45, 2.75) is 51.6 Å². The smallest absolute Gasteiger partial charge is 0.234 e. The zero-order valence-corrected chi connectivity index (χ0v) is 11.9. The SMILES string of the molecule is Cc1ccc(C(C)NCC(=O)NC2CCCC2)cc1. The van der Waals surface area contributed by atoms with Gasteiger partial charge < -0.3 is 10.6 Å². The van der Waals surface area contributed by atoms with Crippen molar-refractivity contribution in [1.82, 2.24) is 10.6 Å². The molecule has 0 aliphatic heterocycles. The molecule has 1 aliphatic carbocycles. The van der Waals surface area contributed by atoms with E-state index >= 15 is 0 Å². The first-order valence-corrected chi connectivity index (χ1v) is 7.24. The summed E-state index contributed by atoms with van der Waals surface area (Å²) in [5.74, 6) is 0.117. The van der Waals surface area contributed by atoms with E-state index in [1.807, 2.05) is 0 Å². The molecule has 19 heavy (non-hydrogen) atoms. The van der Waals surface area contributed by atoms with Crippen LogP contribution in [-0.4, -0.2) is 18.5 Å². The number of hydrogen-bond acceptors (Lipinski definition) is 2. The lowest BCUT2D eigenvalue weighted by atomic mass is 10.1. The van der Waals surface area contributed by atoms with E-state index in [1.165, 1.54) is 24.0 Å². The summed E-state index contributed by atoms with van der Waals surface area (Å²) in [4.78, 5) is 11.8. The van der Waals surface area contributed by atoms with Gasteiger partial charge in [-0.25, -0.2) is 0 Å². The summed E-state index contributed by atoms with van der Waals surface area (Å²) in [7, 11) is 0. The molecule has 1 unspecified atom stereocenters. The zero-order valence-electron chi connectivity index (χ0n) is 11.9. The maximum Gasteiger partial charge on any atom is 0.234 e. The summed E-state index contributed by atoms with van der Waals surface area (Å²) in [6.07, 6.45) is 4.77. The molecular formula is C16H24N2O. The highest BCUT2D eigenvalue weighted by Gasteiger charge is 2.17. The van der Waals surface area contributed by atoms with Crippen molar-refractivity contribution in [1.29, 1.82) is 0 Å². The Kier molecular flexibility index (Phi) is 4.97. The number of hydrogen-bond donors (Lipinski definition) is 2. The first kappa shape index (κ1) is 14.1. The molecule has 1 amide bonds. The summed E-state index contributed by atoms with van der Waals surface area (Å²) >= 11 is 0. The van der Waals surface area contributed by atoms with Crippen LogP contribution in [0.4, 0.5) is 0 Å². The van der Waals surface area contributed by atoms with Gasteiger partial charge in [-0.05, 0) is 32.3 Å². The third-order valence-electron chi connectivity index (χ3n) is 3.87. The molecule has 0 aromatic heterocycles. The van der Waals surface area contributed by atoms with Crippen LogP contribution in [0.2, 0.25) is 0 Å². The summed E-state index contributed by atoms with van der Waals surface area (Å²) in [6.45, 7) is 4.57. The van der Waals surface area contributed by atoms with Gasteiger partial charge in [0, 0.05) is 12.1 Å². The van der Waals surface area contributed by atoms with Crippen LogP contribution in [0, 0.1) is 6.92 Å². The van der Waals surface area contributed by atoms with E-state index in [0.717, 1.165) is 12.8 Å². The van der Waals surface area contributed by atoms with Crippen LogP contribution in [0.3, 0.4) is 0 Å². The molecule has 1 atom stereocenters. The Morgan fingerprint density at radius 3 is 2.53 bits per heavy atom. The molecule has 0 saturated heterocycles. The van der Waals surface area contributed by atoms with Gasteiger partial charge in [0.05, 0.1) is 6.54 Å². The van der Waals surface area contributed by atoms with E-state index in [9.17, 15) is 4.79 Å². The molecule has 0 spiro atoms. The largest absolute Gasteiger partial charge is 0.352 e. The minimum Gasteiger partial charge on any atom is -0.352 e.